The maximum atomic E-state index is 10.9. The molecule has 92 valence electrons. The van der Waals surface area contributed by atoms with Gasteiger partial charge in [0, 0.05) is 18.2 Å². The number of para-hydroxylation sites is 2. The Hall–Kier alpha value is -1.62. The lowest BCUT2D eigenvalue weighted by atomic mass is 9.91. The maximum Gasteiger partial charge on any atom is 0.292 e. The summed E-state index contributed by atoms with van der Waals surface area (Å²) in [4.78, 5) is 10.5. The van der Waals surface area contributed by atoms with Gasteiger partial charge in [0.25, 0.3) is 5.69 Å². The second-order valence-corrected chi connectivity index (χ2v) is 4.47. The third-order valence-corrected chi connectivity index (χ3v) is 3.26. The SMILES string of the molecule is N[C@H]1CCCC[C@@H]1Nc1ccccc1[N+](=O)[O-]. The average Bonchev–Trinajstić information content (AvgIpc) is 2.32. The Kier molecular flexibility index (Phi) is 3.58. The zero-order valence-electron chi connectivity index (χ0n) is 9.63. The van der Waals surface area contributed by atoms with Gasteiger partial charge in [-0.05, 0) is 18.9 Å². The van der Waals surface area contributed by atoms with Crippen molar-refractivity contribution in [2.75, 3.05) is 5.32 Å². The van der Waals surface area contributed by atoms with E-state index >= 15 is 0 Å². The van der Waals surface area contributed by atoms with E-state index in [0.29, 0.717) is 5.69 Å². The molecule has 0 unspecified atom stereocenters. The zero-order chi connectivity index (χ0) is 12.3. The van der Waals surface area contributed by atoms with Crippen molar-refractivity contribution in [3.05, 3.63) is 34.4 Å². The number of nitro groups is 1. The second kappa shape index (κ2) is 5.14. The van der Waals surface area contributed by atoms with E-state index in [1.54, 1.807) is 18.2 Å². The molecule has 0 heterocycles. The Bertz CT molecular complexity index is 408. The van der Waals surface area contributed by atoms with Gasteiger partial charge in [-0.3, -0.25) is 10.1 Å². The molecule has 5 heteroatoms. The summed E-state index contributed by atoms with van der Waals surface area (Å²) in [6.07, 6.45) is 4.24. The molecule has 0 amide bonds. The minimum absolute atomic E-state index is 0.0866. The standard InChI is InChI=1S/C12H17N3O2/c13-9-5-1-2-6-10(9)14-11-7-3-4-8-12(11)15(16)17/h3-4,7-10,14H,1-2,5-6,13H2/t9-,10-/m0/s1. The lowest BCUT2D eigenvalue weighted by Gasteiger charge is -2.29. The molecule has 1 fully saturated rings. The fourth-order valence-corrected chi connectivity index (χ4v) is 2.29. The molecule has 0 aliphatic heterocycles. The Morgan fingerprint density at radius 1 is 1.29 bits per heavy atom. The Morgan fingerprint density at radius 3 is 2.71 bits per heavy atom. The van der Waals surface area contributed by atoms with E-state index in [9.17, 15) is 10.1 Å². The molecule has 0 bridgehead atoms. The highest BCUT2D eigenvalue weighted by Gasteiger charge is 2.23. The summed E-state index contributed by atoms with van der Waals surface area (Å²) >= 11 is 0. The van der Waals surface area contributed by atoms with E-state index in [1.807, 2.05) is 0 Å². The number of benzene rings is 1. The maximum absolute atomic E-state index is 10.9. The van der Waals surface area contributed by atoms with Crippen molar-refractivity contribution in [2.45, 2.75) is 37.8 Å². The summed E-state index contributed by atoms with van der Waals surface area (Å²) in [5, 5.41) is 14.1. The van der Waals surface area contributed by atoms with Crippen LogP contribution in [-0.2, 0) is 0 Å². The second-order valence-electron chi connectivity index (χ2n) is 4.47. The van der Waals surface area contributed by atoms with Crippen molar-refractivity contribution in [3.8, 4) is 0 Å². The summed E-state index contributed by atoms with van der Waals surface area (Å²) < 4.78 is 0. The van der Waals surface area contributed by atoms with Crippen molar-refractivity contribution in [1.29, 1.82) is 0 Å². The van der Waals surface area contributed by atoms with Crippen LogP contribution in [0.25, 0.3) is 0 Å². The molecule has 1 aliphatic rings. The van der Waals surface area contributed by atoms with Crippen LogP contribution in [0.1, 0.15) is 25.7 Å². The van der Waals surface area contributed by atoms with Crippen LogP contribution in [0.2, 0.25) is 0 Å². The van der Waals surface area contributed by atoms with Crippen LogP contribution in [0.15, 0.2) is 24.3 Å². The van der Waals surface area contributed by atoms with Gasteiger partial charge in [-0.15, -0.1) is 0 Å². The van der Waals surface area contributed by atoms with Gasteiger partial charge in [-0.1, -0.05) is 25.0 Å². The molecule has 17 heavy (non-hydrogen) atoms. The fourth-order valence-electron chi connectivity index (χ4n) is 2.29. The van der Waals surface area contributed by atoms with E-state index in [1.165, 1.54) is 6.07 Å². The number of nitrogens with zero attached hydrogens (tertiary/aromatic N) is 1. The highest BCUT2D eigenvalue weighted by Crippen LogP contribution is 2.27. The minimum atomic E-state index is -0.364. The number of nitro benzene ring substituents is 1. The van der Waals surface area contributed by atoms with Gasteiger partial charge in [0.05, 0.1) is 4.92 Å². The highest BCUT2D eigenvalue weighted by molar-refractivity contribution is 5.61. The Balaban J connectivity index is 2.14. The van der Waals surface area contributed by atoms with E-state index in [4.69, 9.17) is 5.73 Å². The minimum Gasteiger partial charge on any atom is -0.375 e. The van der Waals surface area contributed by atoms with Gasteiger partial charge in [0.2, 0.25) is 0 Å². The fraction of sp³-hybridized carbons (Fsp3) is 0.500. The van der Waals surface area contributed by atoms with Crippen molar-refractivity contribution in [3.63, 3.8) is 0 Å². The Morgan fingerprint density at radius 2 is 2.00 bits per heavy atom. The predicted octanol–water partition coefficient (Wildman–Crippen LogP) is 2.28. The molecular formula is C12H17N3O2. The molecule has 1 aromatic carbocycles. The number of rotatable bonds is 3. The van der Waals surface area contributed by atoms with E-state index in [0.717, 1.165) is 25.7 Å². The molecule has 2 rings (SSSR count). The summed E-state index contributed by atoms with van der Waals surface area (Å²) in [5.74, 6) is 0. The van der Waals surface area contributed by atoms with Crippen LogP contribution in [0.3, 0.4) is 0 Å². The third-order valence-electron chi connectivity index (χ3n) is 3.26. The van der Waals surface area contributed by atoms with Crippen LogP contribution in [0.4, 0.5) is 11.4 Å². The first kappa shape index (κ1) is 11.9. The number of hydrogen-bond acceptors (Lipinski definition) is 4. The quantitative estimate of drug-likeness (QED) is 0.622. The first-order valence-corrected chi connectivity index (χ1v) is 5.94. The monoisotopic (exact) mass is 235 g/mol. The average molecular weight is 235 g/mol. The predicted molar refractivity (Wildman–Crippen MR) is 67.0 cm³/mol. The number of hydrogen-bond donors (Lipinski definition) is 2. The van der Waals surface area contributed by atoms with Crippen LogP contribution in [-0.4, -0.2) is 17.0 Å². The van der Waals surface area contributed by atoms with Gasteiger partial charge in [-0.25, -0.2) is 0 Å². The first-order valence-electron chi connectivity index (χ1n) is 5.94. The largest absolute Gasteiger partial charge is 0.375 e. The summed E-state index contributed by atoms with van der Waals surface area (Å²) in [5.41, 5.74) is 6.71. The van der Waals surface area contributed by atoms with Gasteiger partial charge < -0.3 is 11.1 Å². The smallest absolute Gasteiger partial charge is 0.292 e. The third kappa shape index (κ3) is 2.74. The van der Waals surface area contributed by atoms with Crippen molar-refractivity contribution in [2.24, 2.45) is 5.73 Å². The summed E-state index contributed by atoms with van der Waals surface area (Å²) in [6, 6.07) is 6.94. The van der Waals surface area contributed by atoms with E-state index in [-0.39, 0.29) is 22.7 Å². The Labute approximate surface area is 100 Å². The van der Waals surface area contributed by atoms with E-state index in [2.05, 4.69) is 5.32 Å². The lowest BCUT2D eigenvalue weighted by molar-refractivity contribution is -0.384. The number of nitrogens with one attached hydrogen (secondary N) is 1. The van der Waals surface area contributed by atoms with Gasteiger partial charge in [0.15, 0.2) is 0 Å². The molecular weight excluding hydrogens is 218 g/mol. The summed E-state index contributed by atoms with van der Waals surface area (Å²) in [6.45, 7) is 0. The van der Waals surface area contributed by atoms with Gasteiger partial charge in [0.1, 0.15) is 5.69 Å². The number of anilines is 1. The molecule has 2 atom stereocenters. The molecule has 3 N–H and O–H groups in total. The van der Waals surface area contributed by atoms with Crippen LogP contribution >= 0.6 is 0 Å². The van der Waals surface area contributed by atoms with Crippen LogP contribution in [0.5, 0.6) is 0 Å². The zero-order valence-corrected chi connectivity index (χ0v) is 9.63. The van der Waals surface area contributed by atoms with Crippen molar-refractivity contribution < 1.29 is 4.92 Å². The van der Waals surface area contributed by atoms with Crippen LogP contribution in [0, 0.1) is 10.1 Å². The molecule has 0 aromatic heterocycles. The van der Waals surface area contributed by atoms with E-state index < -0.39 is 0 Å². The highest BCUT2D eigenvalue weighted by atomic mass is 16.6. The summed E-state index contributed by atoms with van der Waals surface area (Å²) in [7, 11) is 0. The van der Waals surface area contributed by atoms with Gasteiger partial charge in [-0.2, -0.15) is 0 Å². The van der Waals surface area contributed by atoms with Crippen LogP contribution < -0.4 is 11.1 Å². The topological polar surface area (TPSA) is 81.2 Å². The lowest BCUT2D eigenvalue weighted by Crippen LogP contribution is -2.42. The first-order chi connectivity index (χ1) is 8.18. The molecule has 1 aromatic rings. The molecule has 0 saturated heterocycles. The molecule has 0 radical (unpaired) electrons. The molecule has 1 aliphatic carbocycles. The van der Waals surface area contributed by atoms with Crippen molar-refractivity contribution in [1.82, 2.24) is 0 Å². The molecule has 5 nitrogen and oxygen atoms in total. The normalized spacial score (nSPS) is 24.3. The van der Waals surface area contributed by atoms with Gasteiger partial charge >= 0.3 is 0 Å². The van der Waals surface area contributed by atoms with Crippen molar-refractivity contribution >= 4 is 11.4 Å². The number of nitrogens with two attached hydrogens (primary N) is 1. The molecule has 0 spiro atoms. The molecule has 1 saturated carbocycles.